The zero-order valence-corrected chi connectivity index (χ0v) is 12.5. The van der Waals surface area contributed by atoms with Crippen molar-refractivity contribution in [2.45, 2.75) is 39.7 Å². The number of carbonyl (C=O) groups is 1. The van der Waals surface area contributed by atoms with Crippen molar-refractivity contribution in [1.82, 2.24) is 15.1 Å². The first-order valence-electron chi connectivity index (χ1n) is 7.13. The fourth-order valence-corrected chi connectivity index (χ4v) is 2.43. The maximum Gasteiger partial charge on any atom is 0.271 e. The Hall–Kier alpha value is -1.56. The normalized spacial score (nSPS) is 16.1. The van der Waals surface area contributed by atoms with Crippen molar-refractivity contribution in [1.29, 1.82) is 0 Å². The van der Waals surface area contributed by atoms with Gasteiger partial charge < -0.3 is 15.8 Å². The molecule has 0 atom stereocenters. The second kappa shape index (κ2) is 5.83. The molecule has 1 saturated carbocycles. The summed E-state index contributed by atoms with van der Waals surface area (Å²) in [7, 11) is 1.71. The Morgan fingerprint density at radius 3 is 2.80 bits per heavy atom. The van der Waals surface area contributed by atoms with Crippen LogP contribution in [-0.2, 0) is 11.3 Å². The molecule has 0 aliphatic heterocycles. The third kappa shape index (κ3) is 2.95. The van der Waals surface area contributed by atoms with E-state index in [2.05, 4.69) is 10.4 Å². The molecule has 6 nitrogen and oxygen atoms in total. The molecular formula is C14H24N4O2. The Bertz CT molecular complexity index is 492. The van der Waals surface area contributed by atoms with E-state index in [1.807, 2.05) is 13.8 Å². The highest BCUT2D eigenvalue weighted by molar-refractivity contribution is 5.98. The van der Waals surface area contributed by atoms with Crippen LogP contribution in [-0.4, -0.2) is 35.9 Å². The van der Waals surface area contributed by atoms with Crippen LogP contribution in [0.25, 0.3) is 0 Å². The summed E-state index contributed by atoms with van der Waals surface area (Å²) in [6.07, 6.45) is 3.29. The van der Waals surface area contributed by atoms with E-state index in [1.54, 1.807) is 11.8 Å². The van der Waals surface area contributed by atoms with E-state index < -0.39 is 0 Å². The van der Waals surface area contributed by atoms with Crippen molar-refractivity contribution in [2.75, 3.05) is 26.0 Å². The minimum Gasteiger partial charge on any atom is -0.395 e. The van der Waals surface area contributed by atoms with E-state index in [-0.39, 0.29) is 11.3 Å². The summed E-state index contributed by atoms with van der Waals surface area (Å²) in [6.45, 7) is 5.82. The number of aryl methyl sites for hydroxylation is 2. The number of hydrogen-bond acceptors (Lipinski definition) is 4. The predicted octanol–water partition coefficient (Wildman–Crippen LogP) is 1.34. The standard InChI is InChI=1S/C14H24N4O2/c1-4-18-12(11(15)10(2)17-18)13(19)16-9-14(5-6-14)7-8-20-3/h4-9,15H2,1-3H3,(H,16,19). The largest absolute Gasteiger partial charge is 0.395 e. The average Bonchev–Trinajstić information content (AvgIpc) is 3.16. The van der Waals surface area contributed by atoms with E-state index in [1.165, 1.54) is 0 Å². The van der Waals surface area contributed by atoms with Crippen LogP contribution >= 0.6 is 0 Å². The third-order valence-electron chi connectivity index (χ3n) is 4.11. The van der Waals surface area contributed by atoms with Crippen LogP contribution in [0.2, 0.25) is 0 Å². The summed E-state index contributed by atoms with van der Waals surface area (Å²) < 4.78 is 6.78. The lowest BCUT2D eigenvalue weighted by atomic mass is 10.0. The maximum atomic E-state index is 12.3. The van der Waals surface area contributed by atoms with E-state index in [0.29, 0.717) is 30.2 Å². The number of ether oxygens (including phenoxy) is 1. The van der Waals surface area contributed by atoms with Crippen molar-refractivity contribution in [3.05, 3.63) is 11.4 Å². The quantitative estimate of drug-likeness (QED) is 0.789. The lowest BCUT2D eigenvalue weighted by Gasteiger charge is -2.16. The van der Waals surface area contributed by atoms with Gasteiger partial charge in [-0.3, -0.25) is 9.48 Å². The number of aromatic nitrogens is 2. The third-order valence-corrected chi connectivity index (χ3v) is 4.11. The first kappa shape index (κ1) is 14.8. The highest BCUT2D eigenvalue weighted by Crippen LogP contribution is 2.48. The fraction of sp³-hybridized carbons (Fsp3) is 0.714. The van der Waals surface area contributed by atoms with Crippen molar-refractivity contribution in [3.8, 4) is 0 Å². The summed E-state index contributed by atoms with van der Waals surface area (Å²) in [5.74, 6) is -0.131. The van der Waals surface area contributed by atoms with Crippen LogP contribution in [0.5, 0.6) is 0 Å². The number of nitrogens with two attached hydrogens (primary N) is 1. The van der Waals surface area contributed by atoms with Crippen LogP contribution in [0, 0.1) is 12.3 Å². The topological polar surface area (TPSA) is 82.2 Å². The van der Waals surface area contributed by atoms with Crippen LogP contribution in [0.1, 0.15) is 42.4 Å². The molecule has 0 spiro atoms. The van der Waals surface area contributed by atoms with Gasteiger partial charge in [0.1, 0.15) is 5.69 Å². The van der Waals surface area contributed by atoms with Crippen LogP contribution in [0.15, 0.2) is 0 Å². The lowest BCUT2D eigenvalue weighted by molar-refractivity contribution is 0.0928. The van der Waals surface area contributed by atoms with Crippen molar-refractivity contribution < 1.29 is 9.53 Å². The molecular weight excluding hydrogens is 256 g/mol. The zero-order valence-electron chi connectivity index (χ0n) is 12.5. The molecule has 0 aromatic carbocycles. The number of nitrogen functional groups attached to an aromatic ring is 1. The first-order valence-corrected chi connectivity index (χ1v) is 7.13. The minimum atomic E-state index is -0.131. The van der Waals surface area contributed by atoms with Gasteiger partial charge in [0.2, 0.25) is 0 Å². The molecule has 0 bridgehead atoms. The summed E-state index contributed by atoms with van der Waals surface area (Å²) in [5.41, 5.74) is 7.84. The number of rotatable bonds is 7. The summed E-state index contributed by atoms with van der Waals surface area (Å²) >= 11 is 0. The second-order valence-corrected chi connectivity index (χ2v) is 5.59. The predicted molar refractivity (Wildman–Crippen MR) is 77.5 cm³/mol. The monoisotopic (exact) mass is 280 g/mol. The van der Waals surface area contributed by atoms with Gasteiger partial charge in [-0.1, -0.05) is 0 Å². The first-order chi connectivity index (χ1) is 9.53. The van der Waals surface area contributed by atoms with E-state index >= 15 is 0 Å². The molecule has 6 heteroatoms. The number of anilines is 1. The molecule has 20 heavy (non-hydrogen) atoms. The maximum absolute atomic E-state index is 12.3. The second-order valence-electron chi connectivity index (χ2n) is 5.59. The van der Waals surface area contributed by atoms with Gasteiger partial charge in [0.15, 0.2) is 0 Å². The van der Waals surface area contributed by atoms with Gasteiger partial charge >= 0.3 is 0 Å². The van der Waals surface area contributed by atoms with Gasteiger partial charge in [-0.25, -0.2) is 0 Å². The molecule has 0 radical (unpaired) electrons. The Morgan fingerprint density at radius 2 is 2.25 bits per heavy atom. The van der Waals surface area contributed by atoms with Crippen molar-refractivity contribution in [3.63, 3.8) is 0 Å². The average molecular weight is 280 g/mol. The highest BCUT2D eigenvalue weighted by Gasteiger charge is 2.42. The fourth-order valence-electron chi connectivity index (χ4n) is 2.43. The molecule has 0 unspecified atom stereocenters. The SMILES string of the molecule is CCn1nc(C)c(N)c1C(=O)NCC1(CCOC)CC1. The molecule has 3 N–H and O–H groups in total. The number of hydrogen-bond donors (Lipinski definition) is 2. The molecule has 1 heterocycles. The molecule has 1 aromatic rings. The summed E-state index contributed by atoms with van der Waals surface area (Å²) in [5, 5.41) is 7.27. The highest BCUT2D eigenvalue weighted by atomic mass is 16.5. The molecule has 1 amide bonds. The number of amides is 1. The molecule has 0 saturated heterocycles. The molecule has 1 aliphatic carbocycles. The number of nitrogens with one attached hydrogen (secondary N) is 1. The molecule has 1 fully saturated rings. The van der Waals surface area contributed by atoms with Crippen LogP contribution < -0.4 is 11.1 Å². The molecule has 112 valence electrons. The molecule has 2 rings (SSSR count). The van der Waals surface area contributed by atoms with Crippen molar-refractivity contribution in [2.24, 2.45) is 5.41 Å². The van der Waals surface area contributed by atoms with Gasteiger partial charge in [0.05, 0.1) is 11.4 Å². The van der Waals surface area contributed by atoms with Gasteiger partial charge in [-0.2, -0.15) is 5.10 Å². The van der Waals surface area contributed by atoms with Gasteiger partial charge in [0.25, 0.3) is 5.91 Å². The summed E-state index contributed by atoms with van der Waals surface area (Å²) in [4.78, 5) is 12.3. The Labute approximate surface area is 119 Å². The van der Waals surface area contributed by atoms with Gasteiger partial charge in [0, 0.05) is 26.8 Å². The lowest BCUT2D eigenvalue weighted by Crippen LogP contribution is -2.32. The minimum absolute atomic E-state index is 0.131. The van der Waals surface area contributed by atoms with Gasteiger partial charge in [-0.05, 0) is 38.5 Å². The number of carbonyl (C=O) groups excluding carboxylic acids is 1. The molecule has 1 aromatic heterocycles. The van der Waals surface area contributed by atoms with Crippen LogP contribution in [0.4, 0.5) is 5.69 Å². The Balaban J connectivity index is 1.99. The van der Waals surface area contributed by atoms with E-state index in [9.17, 15) is 4.79 Å². The van der Waals surface area contributed by atoms with E-state index in [4.69, 9.17) is 10.5 Å². The van der Waals surface area contributed by atoms with Gasteiger partial charge in [-0.15, -0.1) is 0 Å². The zero-order chi connectivity index (χ0) is 14.8. The molecule has 1 aliphatic rings. The smallest absolute Gasteiger partial charge is 0.271 e. The van der Waals surface area contributed by atoms with Crippen molar-refractivity contribution >= 4 is 11.6 Å². The Kier molecular flexibility index (Phi) is 4.32. The number of nitrogens with zero attached hydrogens (tertiary/aromatic N) is 2. The number of methoxy groups -OCH3 is 1. The summed E-state index contributed by atoms with van der Waals surface area (Å²) in [6, 6.07) is 0. The Morgan fingerprint density at radius 1 is 1.55 bits per heavy atom. The van der Waals surface area contributed by atoms with E-state index in [0.717, 1.165) is 25.9 Å². The van der Waals surface area contributed by atoms with Crippen LogP contribution in [0.3, 0.4) is 0 Å².